The summed E-state index contributed by atoms with van der Waals surface area (Å²) >= 11 is 0. The van der Waals surface area contributed by atoms with E-state index in [0.717, 1.165) is 0 Å². The Morgan fingerprint density at radius 1 is 0.769 bits per heavy atom. The van der Waals surface area contributed by atoms with Crippen LogP contribution in [-0.2, 0) is 67.4 Å². The molecule has 3 rings (SSSR count). The van der Waals surface area contributed by atoms with Crippen LogP contribution in [0.3, 0.4) is 0 Å². The van der Waals surface area contributed by atoms with Gasteiger partial charge in [-0.05, 0) is 99.6 Å². The van der Waals surface area contributed by atoms with E-state index in [9.17, 15) is 56.4 Å². The smallest absolute Gasteiger partial charge is 0.312 e. The van der Waals surface area contributed by atoms with E-state index >= 15 is 0 Å². The van der Waals surface area contributed by atoms with Crippen molar-refractivity contribution in [3.8, 4) is 0 Å². The summed E-state index contributed by atoms with van der Waals surface area (Å²) in [5.41, 5.74) is 4.12. The molecule has 0 radical (unpaired) electrons. The number of hydrogen-bond acceptors (Lipinski definition) is 16. The number of nitrogens with one attached hydrogen (secondary N) is 6. The lowest BCUT2D eigenvalue weighted by molar-refractivity contribution is -0.148. The first-order valence-electron chi connectivity index (χ1n) is 31.7. The summed E-state index contributed by atoms with van der Waals surface area (Å²) in [6.45, 7) is 24.9. The first-order chi connectivity index (χ1) is 42.4. The lowest BCUT2D eigenvalue weighted by Gasteiger charge is -2.41. The van der Waals surface area contributed by atoms with Gasteiger partial charge in [0.15, 0.2) is 0 Å². The second-order valence-corrected chi connectivity index (χ2v) is 28.5. The number of nitrogens with zero attached hydrogens (tertiary/aromatic N) is 4. The van der Waals surface area contributed by atoms with E-state index in [1.807, 2.05) is 88.2 Å². The molecule has 0 bridgehead atoms. The van der Waals surface area contributed by atoms with Crippen LogP contribution in [0.25, 0.3) is 0 Å². The van der Waals surface area contributed by atoms with Crippen LogP contribution in [0.15, 0.2) is 41.3 Å². The molecule has 0 aliphatic carbocycles. The first-order valence-corrected chi connectivity index (χ1v) is 33.2. The van der Waals surface area contributed by atoms with Crippen LogP contribution in [0.5, 0.6) is 0 Å². The van der Waals surface area contributed by atoms with Gasteiger partial charge in [-0.3, -0.25) is 53.0 Å². The molecule has 2 aliphatic rings. The second kappa shape index (κ2) is 35.5. The number of anilines is 1. The topological polar surface area (TPSA) is 344 Å². The molecule has 11 atom stereocenters. The zero-order valence-corrected chi connectivity index (χ0v) is 57.9. The van der Waals surface area contributed by atoms with Crippen LogP contribution in [0, 0.1) is 40.4 Å². The summed E-state index contributed by atoms with van der Waals surface area (Å²) in [6, 6.07) is -0.697. The van der Waals surface area contributed by atoms with Crippen molar-refractivity contribution in [3.05, 3.63) is 36.4 Å². The average Bonchev–Trinajstić information content (AvgIpc) is 1.84. The normalized spacial score (nSPS) is 18.2. The predicted molar refractivity (Wildman–Crippen MR) is 345 cm³/mol. The van der Waals surface area contributed by atoms with Crippen molar-refractivity contribution in [3.63, 3.8) is 0 Å². The van der Waals surface area contributed by atoms with Gasteiger partial charge in [-0.25, -0.2) is 17.9 Å². The highest BCUT2D eigenvalue weighted by Crippen LogP contribution is 2.32. The molecule has 11 amide bonds. The van der Waals surface area contributed by atoms with E-state index in [2.05, 4.69) is 31.3 Å². The van der Waals surface area contributed by atoms with Crippen molar-refractivity contribution in [2.75, 3.05) is 73.5 Å². The molecule has 2 aliphatic heterocycles. The van der Waals surface area contributed by atoms with Crippen molar-refractivity contribution in [1.82, 2.24) is 45.6 Å². The van der Waals surface area contributed by atoms with E-state index < -0.39 is 111 Å². The quantitative estimate of drug-likeness (QED) is 0.0364. The number of methoxy groups -OCH3 is 2. The molecule has 2 heterocycles. The molecule has 1 aromatic carbocycles. The molecule has 27 heteroatoms. The van der Waals surface area contributed by atoms with Gasteiger partial charge in [-0.2, -0.15) is 0 Å². The summed E-state index contributed by atoms with van der Waals surface area (Å²) in [5.74, 6) is -6.37. The van der Waals surface area contributed by atoms with Crippen LogP contribution >= 0.6 is 0 Å². The monoisotopic (exact) mass is 1300 g/mol. The Bertz CT molecular complexity index is 2790. The molecule has 91 heavy (non-hydrogen) atoms. The molecule has 1 fully saturated rings. The largest absolute Gasteiger partial charge is 0.380 e. The summed E-state index contributed by atoms with van der Waals surface area (Å²) in [4.78, 5) is 140. The molecule has 514 valence electrons. The molecule has 1 unspecified atom stereocenters. The maximum atomic E-state index is 14.5. The molecule has 26 nitrogen and oxygen atoms in total. The summed E-state index contributed by atoms with van der Waals surface area (Å²) < 4.78 is 47.8. The van der Waals surface area contributed by atoms with Crippen LogP contribution < -0.4 is 37.0 Å². The van der Waals surface area contributed by atoms with E-state index in [1.165, 1.54) is 62.5 Å². The van der Waals surface area contributed by atoms with Gasteiger partial charge in [-0.1, -0.05) is 96.4 Å². The number of nitrogens with two attached hydrogens (primary N) is 1. The number of carbonyl (C=O) groups is 10. The molecule has 0 spiro atoms. The number of carbonyl (C=O) groups excluding carboxylic acids is 10. The van der Waals surface area contributed by atoms with Crippen molar-refractivity contribution >= 4 is 74.9 Å². The van der Waals surface area contributed by atoms with Gasteiger partial charge in [0.05, 0.1) is 60.8 Å². The first kappa shape index (κ1) is 78.7. The third-order valence-corrected chi connectivity index (χ3v) is 18.7. The maximum Gasteiger partial charge on any atom is 0.312 e. The van der Waals surface area contributed by atoms with Crippen LogP contribution in [0.2, 0.25) is 0 Å². The zero-order chi connectivity index (χ0) is 69.0. The highest BCUT2D eigenvalue weighted by atomic mass is 32.2. The minimum atomic E-state index is -4.53. The number of primary amides is 1. The fourth-order valence-electron chi connectivity index (χ4n) is 11.7. The number of urea groups is 1. The number of sulfonamides is 1. The molecule has 0 saturated carbocycles. The van der Waals surface area contributed by atoms with Crippen molar-refractivity contribution in [1.29, 1.82) is 0 Å². The molecular weight excluding hydrogens is 1190 g/mol. The number of rotatable bonds is 38. The van der Waals surface area contributed by atoms with Gasteiger partial charge in [0.25, 0.3) is 21.8 Å². The van der Waals surface area contributed by atoms with E-state index in [1.54, 1.807) is 30.7 Å². The van der Waals surface area contributed by atoms with E-state index in [4.69, 9.17) is 19.9 Å². The Kier molecular flexibility index (Phi) is 30.7. The number of amides is 11. The van der Waals surface area contributed by atoms with Crippen LogP contribution in [-0.4, -0.2) is 204 Å². The van der Waals surface area contributed by atoms with Crippen LogP contribution in [0.4, 0.5) is 10.5 Å². The predicted octanol–water partition coefficient (Wildman–Crippen LogP) is 3.93. The maximum absolute atomic E-state index is 14.5. The molecule has 8 N–H and O–H groups in total. The molecule has 1 aromatic rings. The van der Waals surface area contributed by atoms with Crippen LogP contribution in [0.1, 0.15) is 141 Å². The number of likely N-dealkylation sites (N-methyl/N-ethyl adjacent to an activating group) is 2. The Morgan fingerprint density at radius 3 is 1.89 bits per heavy atom. The van der Waals surface area contributed by atoms with Crippen molar-refractivity contribution in [2.24, 2.45) is 46.2 Å². The highest BCUT2D eigenvalue weighted by molar-refractivity contribution is 7.90. The summed E-state index contributed by atoms with van der Waals surface area (Å²) in [6.07, 6.45) is 3.02. The fourth-order valence-corrected chi connectivity index (χ4v) is 12.8. The van der Waals surface area contributed by atoms with Gasteiger partial charge >= 0.3 is 6.03 Å². The van der Waals surface area contributed by atoms with Gasteiger partial charge in [0.1, 0.15) is 18.1 Å². The Balaban J connectivity index is 1.73. The second-order valence-electron chi connectivity index (χ2n) is 26.8. The fraction of sp³-hybridized carbons (Fsp3) is 0.719. The summed E-state index contributed by atoms with van der Waals surface area (Å²) in [7, 11) is 3.63. The molecular formula is C64H107N11O15S. The standard InChI is InChI=1S/C64H107N11O15S/c1-19-41(9)55(73(16)61(84)53(39(5)6)70-60(83)54(40(7)8)72(14)15)47(88-17)33-51(79)74-32-22-24-46(74)56(89-18)42(10)57(80)71-91(86,87)44-27-25-43(26-28-44)67-58(81)45(23-21-31-66-62(65)85)68-59(82)52(38(3)4)69-48(76)34-63(11,12)36-90-37-64(13,20-2)35-75-49(77)29-30-50(75)78/h25-30,38-42,45-47,52-56H,19-24,31-37H2,1-18H3,(H,67,81)(H,68,82)(H,69,76)(H,70,83)(H,71,80)(H3,65,66,85)/t41-,42+,45-,46-,47+,52-,53-,54-,55-,56+,64?/m0/s1. The SMILES string of the molecule is CC[C@H](C)[C@@H]([C@@H](CC(=O)N1CCC[C@H]1[C@H](OC)[C@@H](C)C(=O)NS(=O)(=O)c1ccc(NC(=O)[C@H](CCCNC(N)=O)NC(=O)[C@@H](NC(=O)CC(C)(C)COCC(C)(CC)CN2C(=O)C=CC2=O)C(C)C)cc1)OC)N(C)C(=O)[C@@H](NC(=O)[C@H](C(C)C)N(C)C)C(C)C. The molecule has 1 saturated heterocycles. The highest BCUT2D eigenvalue weighted by Gasteiger charge is 2.44. The Labute approximate surface area is 539 Å². The Hall–Kier alpha value is -6.55. The van der Waals surface area contributed by atoms with E-state index in [0.29, 0.717) is 32.2 Å². The summed E-state index contributed by atoms with van der Waals surface area (Å²) in [5, 5.41) is 13.7. The lowest BCUT2D eigenvalue weighted by Crippen LogP contribution is -2.59. The van der Waals surface area contributed by atoms with Crippen molar-refractivity contribution < 1.29 is 70.6 Å². The van der Waals surface area contributed by atoms with Crippen molar-refractivity contribution in [2.45, 2.75) is 195 Å². The third kappa shape index (κ3) is 22.9. The lowest BCUT2D eigenvalue weighted by atomic mass is 9.87. The number of ether oxygens (including phenoxy) is 3. The minimum absolute atomic E-state index is 0.00513. The number of hydrogen-bond donors (Lipinski definition) is 7. The zero-order valence-electron chi connectivity index (χ0n) is 57.1. The van der Waals surface area contributed by atoms with Gasteiger partial charge in [0.2, 0.25) is 41.4 Å². The molecule has 0 aromatic heterocycles. The minimum Gasteiger partial charge on any atom is -0.380 e. The van der Waals surface area contributed by atoms with Gasteiger partial charge in [0, 0.05) is 70.6 Å². The van der Waals surface area contributed by atoms with Gasteiger partial charge in [-0.15, -0.1) is 0 Å². The van der Waals surface area contributed by atoms with Gasteiger partial charge < -0.3 is 56.3 Å². The average molecular weight is 1300 g/mol. The van der Waals surface area contributed by atoms with E-state index in [-0.39, 0.29) is 110 Å². The third-order valence-electron chi connectivity index (χ3n) is 17.4. The number of likely N-dealkylation sites (tertiary alicyclic amines) is 1. The number of imide groups is 1. The number of benzene rings is 1. The Morgan fingerprint density at radius 2 is 1.37 bits per heavy atom.